The molecular weight excluding hydrogens is 292 g/mol. The van der Waals surface area contributed by atoms with Gasteiger partial charge >= 0.3 is 0 Å². The normalized spacial score (nSPS) is 20.9. The molecular formula is C22H26Si. The second kappa shape index (κ2) is 5.79. The van der Waals surface area contributed by atoms with Crippen molar-refractivity contribution in [3.63, 3.8) is 0 Å². The zero-order chi connectivity index (χ0) is 16.0. The minimum Gasteiger partial charge on any atom is -0.0677 e. The Hall–Kier alpha value is -1.60. The van der Waals surface area contributed by atoms with Crippen molar-refractivity contribution < 1.29 is 0 Å². The molecule has 2 unspecified atom stereocenters. The minimum atomic E-state index is -0.933. The molecule has 2 atom stereocenters. The molecule has 0 saturated heterocycles. The predicted octanol–water partition coefficient (Wildman–Crippen LogP) is 5.34. The lowest BCUT2D eigenvalue weighted by atomic mass is 9.93. The number of unbranched alkanes of at least 4 members (excludes halogenated alkanes) is 1. The fourth-order valence-electron chi connectivity index (χ4n) is 4.78. The van der Waals surface area contributed by atoms with Gasteiger partial charge in [0.1, 0.15) is 0 Å². The molecule has 2 aromatic carbocycles. The number of allylic oxidation sites excluding steroid dienone is 1. The van der Waals surface area contributed by atoms with Crippen LogP contribution in [0.5, 0.6) is 0 Å². The lowest BCUT2D eigenvalue weighted by Crippen LogP contribution is -2.31. The number of aryl methyl sites for hydroxylation is 1. The largest absolute Gasteiger partial charge is 0.0834 e. The van der Waals surface area contributed by atoms with Crippen LogP contribution in [0, 0.1) is 6.92 Å². The second-order valence-corrected chi connectivity index (χ2v) is 10.5. The van der Waals surface area contributed by atoms with Crippen LogP contribution in [-0.2, 0) is 0 Å². The van der Waals surface area contributed by atoms with Crippen LogP contribution in [0.2, 0.25) is 6.04 Å². The summed E-state index contributed by atoms with van der Waals surface area (Å²) in [5, 5.41) is 1.74. The molecule has 0 N–H and O–H groups in total. The molecule has 1 heteroatoms. The third kappa shape index (κ3) is 2.17. The summed E-state index contributed by atoms with van der Waals surface area (Å²) in [7, 11) is -0.933. The summed E-state index contributed by atoms with van der Waals surface area (Å²) in [6, 6.07) is 15.0. The first-order valence-corrected chi connectivity index (χ1v) is 11.3. The highest BCUT2D eigenvalue weighted by atomic mass is 28.3. The highest BCUT2D eigenvalue weighted by molar-refractivity contribution is 6.78. The maximum atomic E-state index is 2.57. The van der Waals surface area contributed by atoms with Gasteiger partial charge in [-0.3, -0.25) is 0 Å². The summed E-state index contributed by atoms with van der Waals surface area (Å²) in [5.41, 5.74) is 10.4. The summed E-state index contributed by atoms with van der Waals surface area (Å²) in [6.07, 6.45) is 6.51. The highest BCUT2D eigenvalue weighted by Gasteiger charge is 2.43. The molecule has 0 saturated carbocycles. The number of hydrogen-bond acceptors (Lipinski definition) is 0. The van der Waals surface area contributed by atoms with E-state index in [-0.39, 0.29) is 0 Å². The lowest BCUT2D eigenvalue weighted by Gasteiger charge is -2.19. The quantitative estimate of drug-likeness (QED) is 0.653. The van der Waals surface area contributed by atoms with E-state index in [1.807, 2.05) is 0 Å². The molecule has 0 amide bonds. The van der Waals surface area contributed by atoms with Gasteiger partial charge in [-0.05, 0) is 47.6 Å². The van der Waals surface area contributed by atoms with Crippen molar-refractivity contribution in [1.29, 1.82) is 0 Å². The van der Waals surface area contributed by atoms with Crippen molar-refractivity contribution in [1.82, 2.24) is 0 Å². The number of hydrogen-bond donors (Lipinski definition) is 0. The summed E-state index contributed by atoms with van der Waals surface area (Å²) < 4.78 is 0. The minimum absolute atomic E-state index is 0.792. The smallest absolute Gasteiger partial charge is 0.0677 e. The van der Waals surface area contributed by atoms with Crippen molar-refractivity contribution in [2.24, 2.45) is 0 Å². The van der Waals surface area contributed by atoms with Gasteiger partial charge in [0.15, 0.2) is 0 Å². The van der Waals surface area contributed by atoms with Gasteiger partial charge in [0.25, 0.3) is 0 Å². The zero-order valence-corrected chi connectivity index (χ0v) is 15.7. The number of benzene rings is 2. The molecule has 0 nitrogen and oxygen atoms in total. The fraction of sp³-hybridized carbons (Fsp3) is 0.364. The van der Waals surface area contributed by atoms with Crippen LogP contribution in [0.15, 0.2) is 42.0 Å². The third-order valence-electron chi connectivity index (χ3n) is 5.81. The van der Waals surface area contributed by atoms with Gasteiger partial charge in [-0.15, -0.1) is 0 Å². The predicted molar refractivity (Wildman–Crippen MR) is 104 cm³/mol. The SMILES string of the molecule is CCCCC1=Cc2c(C)cc3c(-c4ccccc4)c2C1[SiH]3CC. The standard InChI is InChI=1S/C22H26Si/c1-4-6-10-17-14-18-15(3)13-19-20(16-11-8-7-9-12-16)21(18)22(17)23(19)5-2/h7-9,11-14,22-23H,4-6,10H2,1-3H3. The van der Waals surface area contributed by atoms with Gasteiger partial charge in [0, 0.05) is 5.54 Å². The van der Waals surface area contributed by atoms with Gasteiger partial charge in [-0.2, -0.15) is 0 Å². The van der Waals surface area contributed by atoms with E-state index in [0.29, 0.717) is 0 Å². The van der Waals surface area contributed by atoms with Crippen LogP contribution in [-0.4, -0.2) is 8.80 Å². The number of rotatable bonds is 5. The molecule has 1 aliphatic carbocycles. The Bertz CT molecular complexity index is 770. The molecule has 4 rings (SSSR count). The van der Waals surface area contributed by atoms with E-state index >= 15 is 0 Å². The van der Waals surface area contributed by atoms with E-state index in [2.05, 4.69) is 63.2 Å². The Morgan fingerprint density at radius 1 is 1.09 bits per heavy atom. The zero-order valence-electron chi connectivity index (χ0n) is 14.5. The molecule has 23 heavy (non-hydrogen) atoms. The van der Waals surface area contributed by atoms with Crippen LogP contribution in [0.25, 0.3) is 17.2 Å². The average Bonchev–Trinajstić information content (AvgIpc) is 3.05. The first-order valence-electron chi connectivity index (χ1n) is 9.19. The summed E-state index contributed by atoms with van der Waals surface area (Å²) >= 11 is 0. The van der Waals surface area contributed by atoms with Gasteiger partial charge < -0.3 is 0 Å². The Morgan fingerprint density at radius 3 is 2.57 bits per heavy atom. The van der Waals surface area contributed by atoms with Gasteiger partial charge in [-0.1, -0.05) is 79.5 Å². The molecule has 1 heterocycles. The van der Waals surface area contributed by atoms with Crippen molar-refractivity contribution in [3.8, 4) is 11.1 Å². The van der Waals surface area contributed by atoms with Crippen LogP contribution >= 0.6 is 0 Å². The Morgan fingerprint density at radius 2 is 1.87 bits per heavy atom. The van der Waals surface area contributed by atoms with E-state index in [1.165, 1.54) is 36.4 Å². The molecule has 0 spiro atoms. The van der Waals surface area contributed by atoms with E-state index in [4.69, 9.17) is 0 Å². The third-order valence-corrected chi connectivity index (χ3v) is 9.51. The first-order chi connectivity index (χ1) is 11.3. The second-order valence-electron chi connectivity index (χ2n) is 7.17. The van der Waals surface area contributed by atoms with Crippen LogP contribution in [0.3, 0.4) is 0 Å². The van der Waals surface area contributed by atoms with Crippen molar-refractivity contribution in [2.75, 3.05) is 0 Å². The average molecular weight is 319 g/mol. The molecule has 0 radical (unpaired) electrons. The van der Waals surface area contributed by atoms with Gasteiger partial charge in [-0.25, -0.2) is 0 Å². The molecule has 0 aromatic heterocycles. The summed E-state index contributed by atoms with van der Waals surface area (Å²) in [6.45, 7) is 7.05. The monoisotopic (exact) mass is 318 g/mol. The topological polar surface area (TPSA) is 0 Å². The Balaban J connectivity index is 1.90. The van der Waals surface area contributed by atoms with E-state index in [0.717, 1.165) is 5.54 Å². The molecule has 2 aliphatic rings. The Kier molecular flexibility index (Phi) is 3.77. The van der Waals surface area contributed by atoms with E-state index in [1.54, 1.807) is 27.5 Å². The molecule has 2 bridgehead atoms. The maximum Gasteiger partial charge on any atom is 0.0834 e. The summed E-state index contributed by atoms with van der Waals surface area (Å²) in [4.78, 5) is 0. The van der Waals surface area contributed by atoms with Crippen molar-refractivity contribution in [3.05, 3.63) is 58.7 Å². The number of fused-ring (bicyclic) bond motifs is 1. The molecule has 1 aliphatic heterocycles. The summed E-state index contributed by atoms with van der Waals surface area (Å²) in [5.74, 6) is 0. The first kappa shape index (κ1) is 15.0. The molecule has 2 aromatic rings. The lowest BCUT2D eigenvalue weighted by molar-refractivity contribution is 0.772. The molecule has 0 fully saturated rings. The maximum absolute atomic E-state index is 2.57. The van der Waals surface area contributed by atoms with Crippen LogP contribution in [0.4, 0.5) is 0 Å². The van der Waals surface area contributed by atoms with Crippen LogP contribution in [0.1, 0.15) is 55.3 Å². The van der Waals surface area contributed by atoms with E-state index < -0.39 is 8.80 Å². The fourth-order valence-corrected chi connectivity index (χ4v) is 8.74. The van der Waals surface area contributed by atoms with Crippen molar-refractivity contribution >= 4 is 20.1 Å². The molecule has 118 valence electrons. The van der Waals surface area contributed by atoms with Gasteiger partial charge in [0.05, 0.1) is 8.80 Å². The van der Waals surface area contributed by atoms with E-state index in [9.17, 15) is 0 Å². The van der Waals surface area contributed by atoms with Gasteiger partial charge in [0.2, 0.25) is 0 Å². The van der Waals surface area contributed by atoms with Crippen LogP contribution < -0.4 is 5.19 Å². The Labute approximate surface area is 141 Å². The van der Waals surface area contributed by atoms with Crippen molar-refractivity contribution in [2.45, 2.75) is 51.6 Å². The highest BCUT2D eigenvalue weighted by Crippen LogP contribution is 2.50.